The second kappa shape index (κ2) is 4.63. The maximum Gasteiger partial charge on any atom is 0.134 e. The van der Waals surface area contributed by atoms with Gasteiger partial charge >= 0.3 is 0 Å². The highest BCUT2D eigenvalue weighted by Crippen LogP contribution is 2.28. The van der Waals surface area contributed by atoms with Crippen LogP contribution in [-0.2, 0) is 0 Å². The highest BCUT2D eigenvalue weighted by Gasteiger charge is 2.21. The van der Waals surface area contributed by atoms with Crippen molar-refractivity contribution >= 4 is 27.2 Å². The lowest BCUT2D eigenvalue weighted by molar-refractivity contribution is 0.565. The van der Waals surface area contributed by atoms with Gasteiger partial charge in [0.2, 0.25) is 0 Å². The zero-order valence-corrected chi connectivity index (χ0v) is 10.5. The van der Waals surface area contributed by atoms with Crippen molar-refractivity contribution in [2.75, 3.05) is 11.9 Å². The Bertz CT molecular complexity index is 508. The summed E-state index contributed by atoms with van der Waals surface area (Å²) < 4.78 is 1.30. The van der Waals surface area contributed by atoms with Gasteiger partial charge in [-0.3, -0.25) is 0 Å². The molecule has 1 saturated carbocycles. The number of hydrogen-bond acceptors (Lipinski definition) is 4. The van der Waals surface area contributed by atoms with Gasteiger partial charge in [0.05, 0.1) is 0 Å². The molecule has 3 rings (SSSR count). The van der Waals surface area contributed by atoms with E-state index in [1.165, 1.54) is 22.9 Å². The van der Waals surface area contributed by atoms with Crippen molar-refractivity contribution in [3.05, 3.63) is 23.7 Å². The summed E-state index contributed by atoms with van der Waals surface area (Å²) in [7, 11) is 0. The summed E-state index contributed by atoms with van der Waals surface area (Å²) in [6, 6.07) is 4.61. The summed E-state index contributed by atoms with van der Waals surface area (Å²) in [4.78, 5) is 4.42. The molecule has 0 amide bonds. The predicted octanol–water partition coefficient (Wildman–Crippen LogP) is 2.84. The molecule has 4 heteroatoms. The number of aromatic nitrogens is 1. The highest BCUT2D eigenvalue weighted by molar-refractivity contribution is 7.17. The van der Waals surface area contributed by atoms with Crippen LogP contribution in [0.1, 0.15) is 19.3 Å². The first-order chi connectivity index (χ1) is 8.33. The predicted molar refractivity (Wildman–Crippen MR) is 73.4 cm³/mol. The SMILES string of the molecule is NC1CCC(CNc2nccc3sccc23)C1. The Morgan fingerprint density at radius 1 is 1.41 bits per heavy atom. The van der Waals surface area contributed by atoms with E-state index in [9.17, 15) is 0 Å². The second-order valence-corrected chi connectivity index (χ2v) is 5.76. The molecular formula is C13H17N3S. The maximum absolute atomic E-state index is 5.93. The number of hydrogen-bond donors (Lipinski definition) is 2. The van der Waals surface area contributed by atoms with Gasteiger partial charge in [0.25, 0.3) is 0 Å². The molecule has 0 aromatic carbocycles. The van der Waals surface area contributed by atoms with Crippen LogP contribution in [0.4, 0.5) is 5.82 Å². The molecule has 2 aromatic rings. The zero-order valence-electron chi connectivity index (χ0n) is 9.73. The molecule has 2 heterocycles. The zero-order chi connectivity index (χ0) is 11.7. The smallest absolute Gasteiger partial charge is 0.134 e. The quantitative estimate of drug-likeness (QED) is 0.877. The van der Waals surface area contributed by atoms with Gasteiger partial charge in [-0.2, -0.15) is 0 Å². The van der Waals surface area contributed by atoms with E-state index in [0.29, 0.717) is 12.0 Å². The molecule has 1 aliphatic carbocycles. The average molecular weight is 247 g/mol. The van der Waals surface area contributed by atoms with Crippen LogP contribution in [0.15, 0.2) is 23.7 Å². The van der Waals surface area contributed by atoms with E-state index in [1.54, 1.807) is 11.3 Å². The first-order valence-electron chi connectivity index (χ1n) is 6.14. The van der Waals surface area contributed by atoms with Gasteiger partial charge in [0, 0.05) is 28.9 Å². The van der Waals surface area contributed by atoms with Gasteiger partial charge in [0.15, 0.2) is 0 Å². The minimum absolute atomic E-state index is 0.409. The molecular weight excluding hydrogens is 230 g/mol. The summed E-state index contributed by atoms with van der Waals surface area (Å²) in [6.45, 7) is 0.996. The van der Waals surface area contributed by atoms with E-state index in [1.807, 2.05) is 6.20 Å². The molecule has 3 N–H and O–H groups in total. The Balaban J connectivity index is 1.70. The van der Waals surface area contributed by atoms with Crippen molar-refractivity contribution in [2.45, 2.75) is 25.3 Å². The Morgan fingerprint density at radius 2 is 2.35 bits per heavy atom. The number of thiophene rings is 1. The number of nitrogens with zero attached hydrogens (tertiary/aromatic N) is 1. The number of nitrogens with one attached hydrogen (secondary N) is 1. The van der Waals surface area contributed by atoms with Gasteiger partial charge in [-0.05, 0) is 42.7 Å². The Kier molecular flexibility index (Phi) is 2.99. The molecule has 0 radical (unpaired) electrons. The maximum atomic E-state index is 5.93. The van der Waals surface area contributed by atoms with E-state index in [2.05, 4.69) is 27.8 Å². The lowest BCUT2D eigenvalue weighted by atomic mass is 10.1. The van der Waals surface area contributed by atoms with Crippen LogP contribution in [0.3, 0.4) is 0 Å². The van der Waals surface area contributed by atoms with Crippen LogP contribution >= 0.6 is 11.3 Å². The third kappa shape index (κ3) is 2.28. The molecule has 90 valence electrons. The van der Waals surface area contributed by atoms with Crippen molar-refractivity contribution < 1.29 is 0 Å². The molecule has 1 aliphatic rings. The van der Waals surface area contributed by atoms with Crippen LogP contribution in [0, 0.1) is 5.92 Å². The van der Waals surface area contributed by atoms with Gasteiger partial charge in [-0.1, -0.05) is 0 Å². The standard InChI is InChI=1S/C13H17N3S/c14-10-2-1-9(7-10)8-16-13-11-4-6-17-12(11)3-5-15-13/h3-6,9-10H,1-2,7-8,14H2,(H,15,16). The minimum Gasteiger partial charge on any atom is -0.369 e. The summed E-state index contributed by atoms with van der Waals surface area (Å²) in [6.07, 6.45) is 5.43. The van der Waals surface area contributed by atoms with Crippen molar-refractivity contribution in [3.63, 3.8) is 0 Å². The number of nitrogens with two attached hydrogens (primary N) is 1. The average Bonchev–Trinajstić information content (AvgIpc) is 2.94. The minimum atomic E-state index is 0.409. The van der Waals surface area contributed by atoms with Crippen LogP contribution in [0.25, 0.3) is 10.1 Å². The van der Waals surface area contributed by atoms with Gasteiger partial charge < -0.3 is 11.1 Å². The van der Waals surface area contributed by atoms with E-state index in [4.69, 9.17) is 5.73 Å². The van der Waals surface area contributed by atoms with E-state index in [0.717, 1.165) is 18.8 Å². The normalized spacial score (nSPS) is 24.3. The molecule has 0 spiro atoms. The van der Waals surface area contributed by atoms with Crippen molar-refractivity contribution in [3.8, 4) is 0 Å². The highest BCUT2D eigenvalue weighted by atomic mass is 32.1. The summed E-state index contributed by atoms with van der Waals surface area (Å²) in [5.74, 6) is 1.73. The van der Waals surface area contributed by atoms with Crippen LogP contribution in [0.5, 0.6) is 0 Å². The Hall–Kier alpha value is -1.13. The fourth-order valence-electron chi connectivity index (χ4n) is 2.58. The molecule has 2 atom stereocenters. The van der Waals surface area contributed by atoms with Gasteiger partial charge in [-0.15, -0.1) is 11.3 Å². The van der Waals surface area contributed by atoms with Crippen molar-refractivity contribution in [1.82, 2.24) is 4.98 Å². The van der Waals surface area contributed by atoms with Crippen LogP contribution in [-0.4, -0.2) is 17.6 Å². The number of anilines is 1. The monoisotopic (exact) mass is 247 g/mol. The van der Waals surface area contributed by atoms with Gasteiger partial charge in [0.1, 0.15) is 5.82 Å². The number of pyridine rings is 1. The molecule has 1 fully saturated rings. The van der Waals surface area contributed by atoms with Crippen LogP contribution in [0.2, 0.25) is 0 Å². The lowest BCUT2D eigenvalue weighted by Gasteiger charge is -2.12. The summed E-state index contributed by atoms with van der Waals surface area (Å²) in [5, 5.41) is 6.83. The second-order valence-electron chi connectivity index (χ2n) is 4.81. The molecule has 2 aromatic heterocycles. The first kappa shape index (κ1) is 11.0. The molecule has 0 bridgehead atoms. The van der Waals surface area contributed by atoms with Crippen molar-refractivity contribution in [1.29, 1.82) is 0 Å². The first-order valence-corrected chi connectivity index (χ1v) is 7.02. The molecule has 3 nitrogen and oxygen atoms in total. The molecule has 2 unspecified atom stereocenters. The Labute approximate surface area is 105 Å². The molecule has 0 saturated heterocycles. The van der Waals surface area contributed by atoms with E-state index in [-0.39, 0.29) is 0 Å². The fourth-order valence-corrected chi connectivity index (χ4v) is 3.36. The third-order valence-corrected chi connectivity index (χ3v) is 4.40. The fraction of sp³-hybridized carbons (Fsp3) is 0.462. The number of fused-ring (bicyclic) bond motifs is 1. The summed E-state index contributed by atoms with van der Waals surface area (Å²) >= 11 is 1.76. The van der Waals surface area contributed by atoms with Crippen molar-refractivity contribution in [2.24, 2.45) is 11.7 Å². The Morgan fingerprint density at radius 3 is 3.18 bits per heavy atom. The number of rotatable bonds is 3. The molecule has 0 aliphatic heterocycles. The molecule has 17 heavy (non-hydrogen) atoms. The largest absolute Gasteiger partial charge is 0.369 e. The topological polar surface area (TPSA) is 50.9 Å². The van der Waals surface area contributed by atoms with E-state index < -0.39 is 0 Å². The third-order valence-electron chi connectivity index (χ3n) is 3.52. The van der Waals surface area contributed by atoms with Gasteiger partial charge in [-0.25, -0.2) is 4.98 Å². The lowest BCUT2D eigenvalue weighted by Crippen LogP contribution is -2.18. The summed E-state index contributed by atoms with van der Waals surface area (Å²) in [5.41, 5.74) is 5.93. The van der Waals surface area contributed by atoms with Crippen LogP contribution < -0.4 is 11.1 Å². The van der Waals surface area contributed by atoms with E-state index >= 15 is 0 Å².